The predicted molar refractivity (Wildman–Crippen MR) is 130 cm³/mol. The molecule has 1 aromatic carbocycles. The zero-order valence-electron chi connectivity index (χ0n) is 19.9. The summed E-state index contributed by atoms with van der Waals surface area (Å²) in [6, 6.07) is 7.16. The van der Waals surface area contributed by atoms with Crippen molar-refractivity contribution in [3.8, 4) is 0 Å². The SMILES string of the molecule is CCNC(=NCC1CCN(Cc2ccccc2F)CC1)N1CCC(CN2CCCCC2)C1. The monoisotopic (exact) mass is 443 g/mol. The van der Waals surface area contributed by atoms with Crippen molar-refractivity contribution >= 4 is 5.96 Å². The first-order valence-electron chi connectivity index (χ1n) is 12.9. The van der Waals surface area contributed by atoms with Crippen LogP contribution in [0.1, 0.15) is 51.0 Å². The van der Waals surface area contributed by atoms with E-state index < -0.39 is 0 Å². The topological polar surface area (TPSA) is 34.1 Å². The maximum absolute atomic E-state index is 14.0. The fraction of sp³-hybridized carbons (Fsp3) is 0.731. The van der Waals surface area contributed by atoms with Crippen molar-refractivity contribution in [1.82, 2.24) is 20.0 Å². The molecule has 0 amide bonds. The quantitative estimate of drug-likeness (QED) is 0.513. The van der Waals surface area contributed by atoms with E-state index in [1.807, 2.05) is 12.1 Å². The van der Waals surface area contributed by atoms with Crippen molar-refractivity contribution in [3.05, 3.63) is 35.6 Å². The molecule has 178 valence electrons. The van der Waals surface area contributed by atoms with Crippen LogP contribution in [0.2, 0.25) is 0 Å². The number of aliphatic imine (C=N–C) groups is 1. The number of nitrogens with zero attached hydrogens (tertiary/aromatic N) is 4. The third kappa shape index (κ3) is 6.67. The Morgan fingerprint density at radius 1 is 0.969 bits per heavy atom. The second-order valence-corrected chi connectivity index (χ2v) is 9.97. The smallest absolute Gasteiger partial charge is 0.193 e. The summed E-state index contributed by atoms with van der Waals surface area (Å²) >= 11 is 0. The molecule has 0 spiro atoms. The third-order valence-electron chi connectivity index (χ3n) is 7.44. The fourth-order valence-electron chi connectivity index (χ4n) is 5.52. The molecular weight excluding hydrogens is 401 g/mol. The number of likely N-dealkylation sites (tertiary alicyclic amines) is 3. The number of halogens is 1. The second kappa shape index (κ2) is 12.0. The van der Waals surface area contributed by atoms with E-state index in [1.165, 1.54) is 45.3 Å². The molecule has 0 radical (unpaired) electrons. The first kappa shape index (κ1) is 23.5. The van der Waals surface area contributed by atoms with E-state index in [1.54, 1.807) is 12.1 Å². The highest BCUT2D eigenvalue weighted by Gasteiger charge is 2.27. The maximum Gasteiger partial charge on any atom is 0.193 e. The first-order chi connectivity index (χ1) is 15.7. The van der Waals surface area contributed by atoms with Gasteiger partial charge in [-0.3, -0.25) is 9.89 Å². The highest BCUT2D eigenvalue weighted by molar-refractivity contribution is 5.80. The second-order valence-electron chi connectivity index (χ2n) is 9.97. The van der Waals surface area contributed by atoms with Crippen LogP contribution in [0.25, 0.3) is 0 Å². The molecule has 3 aliphatic rings. The van der Waals surface area contributed by atoms with Gasteiger partial charge in [0, 0.05) is 44.8 Å². The van der Waals surface area contributed by atoms with Gasteiger partial charge in [-0.1, -0.05) is 24.6 Å². The third-order valence-corrected chi connectivity index (χ3v) is 7.44. The number of piperidine rings is 2. The Morgan fingerprint density at radius 3 is 2.47 bits per heavy atom. The van der Waals surface area contributed by atoms with Gasteiger partial charge in [0.2, 0.25) is 0 Å². The van der Waals surface area contributed by atoms with Crippen LogP contribution in [0.15, 0.2) is 29.3 Å². The highest BCUT2D eigenvalue weighted by atomic mass is 19.1. The molecule has 3 aliphatic heterocycles. The minimum Gasteiger partial charge on any atom is -0.357 e. The lowest BCUT2D eigenvalue weighted by atomic mass is 9.96. The normalized spacial score (nSPS) is 24.2. The molecular formula is C26H42FN5. The number of nitrogens with one attached hydrogen (secondary N) is 1. The molecule has 32 heavy (non-hydrogen) atoms. The Balaban J connectivity index is 1.22. The number of benzene rings is 1. The summed E-state index contributed by atoms with van der Waals surface area (Å²) in [5.74, 6) is 2.44. The molecule has 0 saturated carbocycles. The van der Waals surface area contributed by atoms with Gasteiger partial charge >= 0.3 is 0 Å². The Morgan fingerprint density at radius 2 is 1.72 bits per heavy atom. The summed E-state index contributed by atoms with van der Waals surface area (Å²) in [6.07, 6.45) is 7.74. The fourth-order valence-corrected chi connectivity index (χ4v) is 5.52. The molecule has 1 atom stereocenters. The lowest BCUT2D eigenvalue weighted by Gasteiger charge is -2.32. The summed E-state index contributed by atoms with van der Waals surface area (Å²) in [4.78, 5) is 12.6. The number of hydrogen-bond acceptors (Lipinski definition) is 3. The van der Waals surface area contributed by atoms with Crippen LogP contribution >= 0.6 is 0 Å². The Hall–Kier alpha value is -1.66. The van der Waals surface area contributed by atoms with Gasteiger partial charge in [-0.25, -0.2) is 4.39 Å². The molecule has 5 nitrogen and oxygen atoms in total. The minimum absolute atomic E-state index is 0.0845. The highest BCUT2D eigenvalue weighted by Crippen LogP contribution is 2.22. The van der Waals surface area contributed by atoms with Gasteiger partial charge in [0.25, 0.3) is 0 Å². The van der Waals surface area contributed by atoms with Crippen molar-refractivity contribution in [2.75, 3.05) is 58.9 Å². The van der Waals surface area contributed by atoms with Gasteiger partial charge in [0.15, 0.2) is 5.96 Å². The Bertz CT molecular complexity index is 725. The standard InChI is InChI=1S/C26H42FN5/c1-2-28-26(32-17-12-23(20-32)19-30-13-6-3-7-14-30)29-18-22-10-15-31(16-11-22)21-24-8-4-5-9-25(24)27/h4-5,8-9,22-23H,2-3,6-7,10-21H2,1H3,(H,28,29). The minimum atomic E-state index is -0.0845. The van der Waals surface area contributed by atoms with Gasteiger partial charge in [0.05, 0.1) is 0 Å². The molecule has 1 aromatic rings. The van der Waals surface area contributed by atoms with Gasteiger partial charge < -0.3 is 15.1 Å². The Labute approximate surface area is 194 Å². The molecule has 0 aliphatic carbocycles. The molecule has 1 N–H and O–H groups in total. The summed E-state index contributed by atoms with van der Waals surface area (Å²) in [6.45, 7) is 12.9. The van der Waals surface area contributed by atoms with Crippen LogP contribution in [-0.4, -0.2) is 79.6 Å². The zero-order chi connectivity index (χ0) is 22.2. The van der Waals surface area contributed by atoms with Crippen molar-refractivity contribution in [1.29, 1.82) is 0 Å². The molecule has 6 heteroatoms. The summed E-state index contributed by atoms with van der Waals surface area (Å²) in [5.41, 5.74) is 0.812. The molecule has 3 heterocycles. The summed E-state index contributed by atoms with van der Waals surface area (Å²) < 4.78 is 14.0. The lowest BCUT2D eigenvalue weighted by Crippen LogP contribution is -2.42. The van der Waals surface area contributed by atoms with Crippen LogP contribution in [0.4, 0.5) is 4.39 Å². The largest absolute Gasteiger partial charge is 0.357 e. The lowest BCUT2D eigenvalue weighted by molar-refractivity contribution is 0.178. The molecule has 0 aromatic heterocycles. The van der Waals surface area contributed by atoms with Crippen LogP contribution in [0.5, 0.6) is 0 Å². The van der Waals surface area contributed by atoms with Gasteiger partial charge in [-0.2, -0.15) is 0 Å². The Kier molecular flexibility index (Phi) is 8.80. The number of hydrogen-bond donors (Lipinski definition) is 1. The van der Waals surface area contributed by atoms with Crippen LogP contribution in [0, 0.1) is 17.7 Å². The van der Waals surface area contributed by atoms with Crippen molar-refractivity contribution in [2.24, 2.45) is 16.8 Å². The van der Waals surface area contributed by atoms with E-state index in [2.05, 4.69) is 26.9 Å². The molecule has 0 bridgehead atoms. The van der Waals surface area contributed by atoms with Crippen molar-refractivity contribution < 1.29 is 4.39 Å². The van der Waals surface area contributed by atoms with E-state index in [-0.39, 0.29) is 5.82 Å². The van der Waals surface area contributed by atoms with Crippen LogP contribution in [-0.2, 0) is 6.54 Å². The van der Waals surface area contributed by atoms with E-state index in [0.29, 0.717) is 5.92 Å². The van der Waals surface area contributed by atoms with Crippen LogP contribution in [0.3, 0.4) is 0 Å². The summed E-state index contributed by atoms with van der Waals surface area (Å²) in [5, 5.41) is 3.55. The average molecular weight is 444 g/mol. The molecule has 3 fully saturated rings. The van der Waals surface area contributed by atoms with Crippen molar-refractivity contribution in [2.45, 2.75) is 52.0 Å². The van der Waals surface area contributed by atoms with E-state index in [9.17, 15) is 4.39 Å². The van der Waals surface area contributed by atoms with E-state index >= 15 is 0 Å². The van der Waals surface area contributed by atoms with Crippen molar-refractivity contribution in [3.63, 3.8) is 0 Å². The molecule has 1 unspecified atom stereocenters. The predicted octanol–water partition coefficient (Wildman–Crippen LogP) is 3.81. The summed E-state index contributed by atoms with van der Waals surface area (Å²) in [7, 11) is 0. The zero-order valence-corrected chi connectivity index (χ0v) is 19.9. The van der Waals surface area contributed by atoms with Gasteiger partial charge in [-0.15, -0.1) is 0 Å². The van der Waals surface area contributed by atoms with Gasteiger partial charge in [-0.05, 0) is 83.1 Å². The van der Waals surface area contributed by atoms with E-state index in [4.69, 9.17) is 4.99 Å². The van der Waals surface area contributed by atoms with Gasteiger partial charge in [0.1, 0.15) is 5.82 Å². The number of guanidine groups is 1. The first-order valence-corrected chi connectivity index (χ1v) is 12.9. The maximum atomic E-state index is 14.0. The number of rotatable bonds is 7. The van der Waals surface area contributed by atoms with Crippen LogP contribution < -0.4 is 5.32 Å². The molecule has 4 rings (SSSR count). The average Bonchev–Trinajstić information content (AvgIpc) is 3.28. The van der Waals surface area contributed by atoms with E-state index in [0.717, 1.165) is 76.1 Å². The molecule has 3 saturated heterocycles.